The molecule has 0 radical (unpaired) electrons. The van der Waals surface area contributed by atoms with Gasteiger partial charge in [-0.3, -0.25) is 0 Å². The van der Waals surface area contributed by atoms with Crippen LogP contribution in [-0.4, -0.2) is 61.6 Å². The molecule has 3 fully saturated rings. The van der Waals surface area contributed by atoms with Crippen LogP contribution in [0.5, 0.6) is 0 Å². The standard InChI is InChI=1S/C16H30O6Si/c1-14(2)18-8-10(20-14)11-16(17,9-23(5,6)7)12-13(19-11)22-15(3,4)21-12/h10-13,17H,8-9H2,1-7H3/t10?,11-,12?,13-,16?/m1/s1. The van der Waals surface area contributed by atoms with Crippen molar-refractivity contribution in [2.24, 2.45) is 0 Å². The van der Waals surface area contributed by atoms with Gasteiger partial charge in [-0.1, -0.05) is 19.6 Å². The van der Waals surface area contributed by atoms with Crippen LogP contribution in [0.15, 0.2) is 0 Å². The first-order chi connectivity index (χ1) is 10.3. The molecule has 0 bridgehead atoms. The molecule has 0 aromatic rings. The third kappa shape index (κ3) is 3.38. The van der Waals surface area contributed by atoms with E-state index < -0.39 is 43.7 Å². The highest BCUT2D eigenvalue weighted by atomic mass is 28.3. The van der Waals surface area contributed by atoms with Gasteiger partial charge in [-0.15, -0.1) is 0 Å². The highest BCUT2D eigenvalue weighted by molar-refractivity contribution is 6.76. The second-order valence-electron chi connectivity index (χ2n) is 9.08. The summed E-state index contributed by atoms with van der Waals surface area (Å²) in [6.45, 7) is 14.5. The SMILES string of the molecule is CC1(C)OCC([C@H]2O[C@@H]3OC(C)(C)OC3C2(O)C[Si](C)(C)C)O1. The van der Waals surface area contributed by atoms with Gasteiger partial charge < -0.3 is 28.8 Å². The van der Waals surface area contributed by atoms with Gasteiger partial charge in [0.15, 0.2) is 17.9 Å². The van der Waals surface area contributed by atoms with E-state index in [-0.39, 0.29) is 6.10 Å². The predicted molar refractivity (Wildman–Crippen MR) is 86.7 cm³/mol. The molecule has 6 nitrogen and oxygen atoms in total. The van der Waals surface area contributed by atoms with Crippen molar-refractivity contribution in [3.8, 4) is 0 Å². The topological polar surface area (TPSA) is 66.4 Å². The maximum Gasteiger partial charge on any atom is 0.190 e. The van der Waals surface area contributed by atoms with Gasteiger partial charge in [0.25, 0.3) is 0 Å². The Balaban J connectivity index is 1.87. The summed E-state index contributed by atoms with van der Waals surface area (Å²) in [7, 11) is -1.59. The second kappa shape index (κ2) is 5.24. The number of aliphatic hydroxyl groups is 1. The summed E-state index contributed by atoms with van der Waals surface area (Å²) in [6, 6.07) is 0.658. The lowest BCUT2D eigenvalue weighted by molar-refractivity contribution is -0.245. The molecule has 3 heterocycles. The molecule has 5 atom stereocenters. The van der Waals surface area contributed by atoms with Gasteiger partial charge in [0.1, 0.15) is 23.9 Å². The molecule has 0 spiro atoms. The number of fused-ring (bicyclic) bond motifs is 1. The van der Waals surface area contributed by atoms with E-state index in [0.29, 0.717) is 12.7 Å². The third-order valence-electron chi connectivity index (χ3n) is 4.51. The van der Waals surface area contributed by atoms with Crippen molar-refractivity contribution in [2.45, 2.75) is 95.2 Å². The molecule has 3 saturated heterocycles. The normalized spacial score (nSPS) is 45.4. The molecule has 0 aromatic carbocycles. The lowest BCUT2D eigenvalue weighted by Crippen LogP contribution is -2.56. The number of rotatable bonds is 3. The first kappa shape index (κ1) is 17.8. The van der Waals surface area contributed by atoms with Gasteiger partial charge in [-0.2, -0.15) is 0 Å². The summed E-state index contributed by atoms with van der Waals surface area (Å²) in [6.07, 6.45) is -1.90. The van der Waals surface area contributed by atoms with Gasteiger partial charge in [-0.05, 0) is 33.7 Å². The zero-order valence-corrected chi connectivity index (χ0v) is 16.2. The summed E-state index contributed by atoms with van der Waals surface area (Å²) in [5.41, 5.74) is -1.13. The van der Waals surface area contributed by atoms with Crippen molar-refractivity contribution in [3.63, 3.8) is 0 Å². The van der Waals surface area contributed by atoms with Crippen LogP contribution in [-0.2, 0) is 23.7 Å². The molecule has 0 saturated carbocycles. The fourth-order valence-electron chi connectivity index (χ4n) is 3.92. The Morgan fingerprint density at radius 3 is 2.13 bits per heavy atom. The van der Waals surface area contributed by atoms with Crippen molar-refractivity contribution in [2.75, 3.05) is 6.61 Å². The summed E-state index contributed by atoms with van der Waals surface area (Å²) in [4.78, 5) is 0. The molecule has 23 heavy (non-hydrogen) atoms. The second-order valence-corrected chi connectivity index (χ2v) is 14.6. The van der Waals surface area contributed by atoms with E-state index in [1.165, 1.54) is 0 Å². The van der Waals surface area contributed by atoms with Crippen LogP contribution >= 0.6 is 0 Å². The molecule has 3 aliphatic rings. The van der Waals surface area contributed by atoms with E-state index in [1.807, 2.05) is 27.7 Å². The third-order valence-corrected chi connectivity index (χ3v) is 6.13. The highest BCUT2D eigenvalue weighted by Crippen LogP contribution is 2.48. The van der Waals surface area contributed by atoms with Crippen LogP contribution < -0.4 is 0 Å². The maximum atomic E-state index is 11.6. The van der Waals surface area contributed by atoms with Crippen LogP contribution in [0.1, 0.15) is 27.7 Å². The molecule has 0 amide bonds. The van der Waals surface area contributed by atoms with Gasteiger partial charge in [0.2, 0.25) is 0 Å². The first-order valence-corrected chi connectivity index (χ1v) is 12.1. The Kier molecular flexibility index (Phi) is 4.05. The van der Waals surface area contributed by atoms with Gasteiger partial charge >= 0.3 is 0 Å². The Labute approximate surface area is 139 Å². The average molecular weight is 346 g/mol. The maximum absolute atomic E-state index is 11.6. The fourth-order valence-corrected chi connectivity index (χ4v) is 6.02. The predicted octanol–water partition coefficient (Wildman–Crippen LogP) is 2.08. The van der Waals surface area contributed by atoms with Gasteiger partial charge in [0.05, 0.1) is 6.61 Å². The largest absolute Gasteiger partial charge is 0.384 e. The zero-order chi connectivity index (χ0) is 17.3. The quantitative estimate of drug-likeness (QED) is 0.789. The first-order valence-electron chi connectivity index (χ1n) is 8.37. The Hall–Kier alpha value is -0.0231. The minimum absolute atomic E-state index is 0.327. The van der Waals surface area contributed by atoms with Crippen molar-refractivity contribution < 1.29 is 28.8 Å². The molecule has 7 heteroatoms. The lowest BCUT2D eigenvalue weighted by Gasteiger charge is -2.39. The summed E-state index contributed by atoms with van der Waals surface area (Å²) in [5, 5.41) is 11.6. The average Bonchev–Trinajstić information content (AvgIpc) is 2.89. The lowest BCUT2D eigenvalue weighted by atomic mass is 9.91. The molecule has 3 unspecified atom stereocenters. The fraction of sp³-hybridized carbons (Fsp3) is 1.00. The van der Waals surface area contributed by atoms with Gasteiger partial charge in [0, 0.05) is 8.07 Å². The van der Waals surface area contributed by atoms with E-state index in [4.69, 9.17) is 23.7 Å². The van der Waals surface area contributed by atoms with E-state index >= 15 is 0 Å². The van der Waals surface area contributed by atoms with Crippen LogP contribution in [0.4, 0.5) is 0 Å². The van der Waals surface area contributed by atoms with Crippen molar-refractivity contribution in [1.29, 1.82) is 0 Å². The summed E-state index contributed by atoms with van der Waals surface area (Å²) >= 11 is 0. The Morgan fingerprint density at radius 1 is 0.957 bits per heavy atom. The van der Waals surface area contributed by atoms with E-state index in [9.17, 15) is 5.11 Å². The van der Waals surface area contributed by atoms with Gasteiger partial charge in [-0.25, -0.2) is 0 Å². The van der Waals surface area contributed by atoms with Crippen molar-refractivity contribution >= 4 is 8.07 Å². The van der Waals surface area contributed by atoms with E-state index in [0.717, 1.165) is 0 Å². The molecule has 0 aromatic heterocycles. The molecule has 134 valence electrons. The van der Waals surface area contributed by atoms with E-state index in [2.05, 4.69) is 19.6 Å². The minimum Gasteiger partial charge on any atom is -0.384 e. The molecule has 1 N–H and O–H groups in total. The van der Waals surface area contributed by atoms with Crippen LogP contribution in [0.25, 0.3) is 0 Å². The molecule has 3 rings (SSSR count). The zero-order valence-electron chi connectivity index (χ0n) is 15.2. The Morgan fingerprint density at radius 2 is 1.61 bits per heavy atom. The Bertz CT molecular complexity index is 474. The number of ether oxygens (including phenoxy) is 5. The monoisotopic (exact) mass is 346 g/mol. The summed E-state index contributed by atoms with van der Waals surface area (Å²) in [5.74, 6) is -1.41. The number of hydrogen-bond acceptors (Lipinski definition) is 6. The van der Waals surface area contributed by atoms with E-state index in [1.54, 1.807) is 0 Å². The highest BCUT2D eigenvalue weighted by Gasteiger charge is 2.66. The van der Waals surface area contributed by atoms with Crippen LogP contribution in [0.3, 0.4) is 0 Å². The number of hydrogen-bond donors (Lipinski definition) is 1. The van der Waals surface area contributed by atoms with Crippen LogP contribution in [0, 0.1) is 0 Å². The van der Waals surface area contributed by atoms with Crippen molar-refractivity contribution in [3.05, 3.63) is 0 Å². The molecule has 3 aliphatic heterocycles. The minimum atomic E-state index is -1.59. The smallest absolute Gasteiger partial charge is 0.190 e. The van der Waals surface area contributed by atoms with Crippen LogP contribution in [0.2, 0.25) is 25.7 Å². The summed E-state index contributed by atoms with van der Waals surface area (Å²) < 4.78 is 29.5. The van der Waals surface area contributed by atoms with Crippen molar-refractivity contribution in [1.82, 2.24) is 0 Å². The molecular weight excluding hydrogens is 316 g/mol. The molecule has 0 aliphatic carbocycles. The molecular formula is C16H30O6Si.